The van der Waals surface area contributed by atoms with E-state index in [9.17, 15) is 19.1 Å². The smallest absolute Gasteiger partial charge is 0.407 e. The average Bonchev–Trinajstić information content (AvgIpc) is 2.90. The van der Waals surface area contributed by atoms with Gasteiger partial charge >= 0.3 is 11.8 Å². The summed E-state index contributed by atoms with van der Waals surface area (Å²) in [6.07, 6.45) is -1.01. The van der Waals surface area contributed by atoms with Gasteiger partial charge in [0, 0.05) is 30.7 Å². The van der Waals surface area contributed by atoms with E-state index in [4.69, 9.17) is 16.6 Å². The molecule has 5 rings (SSSR count). The van der Waals surface area contributed by atoms with Crippen molar-refractivity contribution in [2.75, 3.05) is 18.0 Å². The summed E-state index contributed by atoms with van der Waals surface area (Å²) in [5, 5.41) is 10.3. The normalized spacial score (nSPS) is 17.5. The maximum absolute atomic E-state index is 14.9. The van der Waals surface area contributed by atoms with Crippen LogP contribution in [0.3, 0.4) is 0 Å². The molecule has 1 aliphatic rings. The molecule has 1 N–H and O–H groups in total. The summed E-state index contributed by atoms with van der Waals surface area (Å²) >= 11 is 6.75. The number of aryl methyl sites for hydroxylation is 2. The first-order valence-electron chi connectivity index (χ1n) is 13.4. The van der Waals surface area contributed by atoms with Gasteiger partial charge in [-0.3, -0.25) is 0 Å². The van der Waals surface area contributed by atoms with Gasteiger partial charge in [-0.05, 0) is 51.8 Å². The molecule has 2 atom stereocenters. The molecular weight excluding hydrogens is 549 g/mol. The van der Waals surface area contributed by atoms with E-state index in [-0.39, 0.29) is 46.5 Å². The van der Waals surface area contributed by atoms with Crippen LogP contribution in [0.1, 0.15) is 50.8 Å². The summed E-state index contributed by atoms with van der Waals surface area (Å²) < 4.78 is 16.3. The fraction of sp³-hybridized carbons (Fsp3) is 0.379. The fourth-order valence-electron chi connectivity index (χ4n) is 5.47. The predicted molar refractivity (Wildman–Crippen MR) is 156 cm³/mol. The van der Waals surface area contributed by atoms with Crippen molar-refractivity contribution in [3.63, 3.8) is 0 Å². The second-order valence-corrected chi connectivity index (χ2v) is 11.2. The number of nitrogens with zero attached hydrogens (tertiary/aromatic N) is 7. The van der Waals surface area contributed by atoms with Gasteiger partial charge in [-0.15, -0.1) is 0 Å². The van der Waals surface area contributed by atoms with Crippen LogP contribution in [-0.2, 0) is 0 Å². The minimum absolute atomic E-state index is 0.0599. The van der Waals surface area contributed by atoms with Crippen LogP contribution in [0.5, 0.6) is 0 Å². The van der Waals surface area contributed by atoms with Crippen molar-refractivity contribution >= 4 is 34.5 Å². The summed E-state index contributed by atoms with van der Waals surface area (Å²) in [4.78, 5) is 47.5. The Morgan fingerprint density at radius 1 is 1.07 bits per heavy atom. The van der Waals surface area contributed by atoms with Crippen molar-refractivity contribution in [3.05, 3.63) is 68.9 Å². The lowest BCUT2D eigenvalue weighted by atomic mass is 10.1. The molecule has 1 saturated heterocycles. The molecule has 12 heteroatoms. The summed E-state index contributed by atoms with van der Waals surface area (Å²) in [5.74, 6) is 0.334. The zero-order valence-electron chi connectivity index (χ0n) is 23.7. The van der Waals surface area contributed by atoms with Gasteiger partial charge in [-0.2, -0.15) is 4.98 Å². The molecule has 41 heavy (non-hydrogen) atoms. The number of carbonyl (C=O) groups is 1. The Morgan fingerprint density at radius 2 is 1.78 bits per heavy atom. The molecule has 0 unspecified atom stereocenters. The number of anilines is 1. The first kappa shape index (κ1) is 28.4. The van der Waals surface area contributed by atoms with Crippen LogP contribution in [0, 0.1) is 19.7 Å². The van der Waals surface area contributed by atoms with Gasteiger partial charge in [0.2, 0.25) is 0 Å². The van der Waals surface area contributed by atoms with Crippen LogP contribution in [-0.4, -0.2) is 65.8 Å². The van der Waals surface area contributed by atoms with Gasteiger partial charge in [0.15, 0.2) is 5.65 Å². The number of amides is 1. The predicted octanol–water partition coefficient (Wildman–Crippen LogP) is 5.35. The second-order valence-electron chi connectivity index (χ2n) is 10.8. The zero-order valence-corrected chi connectivity index (χ0v) is 24.4. The van der Waals surface area contributed by atoms with Crippen molar-refractivity contribution in [2.45, 2.75) is 59.5 Å². The standard InChI is InChI=1S/C29H31ClFN7O3/c1-14(2)23-25(17(5)32-18(6)33-23)38-27-20(11-21(30)24(34-27)19-9-7-8-10-22(19)31)26(35-28(38)39)36-12-16(4)37(29(40)41)13-15(36)3/h7-11,14-16H,12-13H2,1-6H3,(H,40,41)/t15-,16+/m0/s1. The van der Waals surface area contributed by atoms with Crippen LogP contribution in [0.2, 0.25) is 5.02 Å². The van der Waals surface area contributed by atoms with E-state index in [2.05, 4.69) is 15.0 Å². The van der Waals surface area contributed by atoms with Crippen molar-refractivity contribution < 1.29 is 14.3 Å². The number of carboxylic acid groups (broad SMARTS) is 1. The van der Waals surface area contributed by atoms with Gasteiger partial charge in [-0.1, -0.05) is 37.6 Å². The minimum Gasteiger partial charge on any atom is -0.465 e. The van der Waals surface area contributed by atoms with E-state index in [1.165, 1.54) is 15.5 Å². The molecule has 0 bridgehead atoms. The molecule has 0 saturated carbocycles. The third kappa shape index (κ3) is 4.99. The minimum atomic E-state index is -1.01. The van der Waals surface area contributed by atoms with E-state index >= 15 is 0 Å². The molecule has 1 aliphatic heterocycles. The topological polar surface area (TPSA) is 117 Å². The van der Waals surface area contributed by atoms with Crippen LogP contribution in [0.25, 0.3) is 28.0 Å². The number of fused-ring (bicyclic) bond motifs is 1. The molecule has 4 heterocycles. The molecule has 1 fully saturated rings. The summed E-state index contributed by atoms with van der Waals surface area (Å²) in [5.41, 5.74) is 1.66. The Bertz CT molecular complexity index is 1740. The number of pyridine rings is 1. The van der Waals surface area contributed by atoms with Gasteiger partial charge in [0.05, 0.1) is 33.2 Å². The second kappa shape index (κ2) is 10.7. The zero-order chi connectivity index (χ0) is 29.7. The largest absolute Gasteiger partial charge is 0.465 e. The average molecular weight is 580 g/mol. The molecular formula is C29H31ClFN7O3. The number of rotatable bonds is 4. The quantitative estimate of drug-likeness (QED) is 0.344. The molecule has 1 amide bonds. The Balaban J connectivity index is 1.86. The first-order valence-corrected chi connectivity index (χ1v) is 13.8. The van der Waals surface area contributed by atoms with E-state index in [0.717, 1.165) is 0 Å². The van der Waals surface area contributed by atoms with E-state index in [0.29, 0.717) is 40.6 Å². The number of hydrogen-bond donors (Lipinski definition) is 1. The van der Waals surface area contributed by atoms with Crippen LogP contribution in [0.4, 0.5) is 15.0 Å². The molecule has 214 valence electrons. The molecule has 0 radical (unpaired) electrons. The summed E-state index contributed by atoms with van der Waals surface area (Å²) in [6.45, 7) is 11.7. The SMILES string of the molecule is Cc1nc(C)c(-n2c(=O)nc(N3C[C@@H](C)N(C(=O)O)C[C@@H]3C)c3cc(Cl)c(-c4ccccc4F)nc32)c(C(C)C)n1. The van der Waals surface area contributed by atoms with Gasteiger partial charge in [0.25, 0.3) is 0 Å². The lowest BCUT2D eigenvalue weighted by molar-refractivity contribution is 0.114. The molecule has 0 spiro atoms. The maximum Gasteiger partial charge on any atom is 0.407 e. The van der Waals surface area contributed by atoms with E-state index < -0.39 is 17.6 Å². The van der Waals surface area contributed by atoms with Crippen LogP contribution >= 0.6 is 11.6 Å². The number of halogens is 2. The van der Waals surface area contributed by atoms with Crippen molar-refractivity contribution in [1.82, 2.24) is 29.4 Å². The lowest BCUT2D eigenvalue weighted by Crippen LogP contribution is -2.58. The number of benzene rings is 1. The van der Waals surface area contributed by atoms with E-state index in [1.807, 2.05) is 25.7 Å². The Hall–Kier alpha value is -4.12. The highest BCUT2D eigenvalue weighted by Gasteiger charge is 2.35. The summed E-state index contributed by atoms with van der Waals surface area (Å²) in [7, 11) is 0. The van der Waals surface area contributed by atoms with Gasteiger partial charge in [0.1, 0.15) is 17.5 Å². The highest BCUT2D eigenvalue weighted by Crippen LogP contribution is 2.36. The van der Waals surface area contributed by atoms with Crippen molar-refractivity contribution in [3.8, 4) is 16.9 Å². The number of aromatic nitrogens is 5. The lowest BCUT2D eigenvalue weighted by Gasteiger charge is -2.43. The van der Waals surface area contributed by atoms with E-state index in [1.54, 1.807) is 45.0 Å². The Kier molecular flexibility index (Phi) is 7.41. The fourth-order valence-corrected chi connectivity index (χ4v) is 5.72. The van der Waals surface area contributed by atoms with Crippen molar-refractivity contribution in [1.29, 1.82) is 0 Å². The number of piperazine rings is 1. The van der Waals surface area contributed by atoms with Crippen LogP contribution < -0.4 is 10.6 Å². The van der Waals surface area contributed by atoms with Gasteiger partial charge < -0.3 is 14.9 Å². The van der Waals surface area contributed by atoms with Crippen molar-refractivity contribution in [2.24, 2.45) is 0 Å². The monoisotopic (exact) mass is 579 g/mol. The molecule has 10 nitrogen and oxygen atoms in total. The highest BCUT2D eigenvalue weighted by atomic mass is 35.5. The Morgan fingerprint density at radius 3 is 2.44 bits per heavy atom. The summed E-state index contributed by atoms with van der Waals surface area (Å²) in [6, 6.07) is 7.15. The molecule has 0 aliphatic carbocycles. The molecule has 3 aromatic heterocycles. The third-order valence-corrected chi connectivity index (χ3v) is 7.69. The highest BCUT2D eigenvalue weighted by molar-refractivity contribution is 6.33. The molecule has 4 aromatic rings. The third-order valence-electron chi connectivity index (χ3n) is 7.40. The van der Waals surface area contributed by atoms with Gasteiger partial charge in [-0.25, -0.2) is 33.5 Å². The maximum atomic E-state index is 14.9. The van der Waals surface area contributed by atoms with Crippen LogP contribution in [0.15, 0.2) is 35.1 Å². The molecule has 1 aromatic carbocycles. The Labute approximate surface area is 241 Å². The number of hydrogen-bond acceptors (Lipinski definition) is 7. The first-order chi connectivity index (χ1) is 19.4.